The van der Waals surface area contributed by atoms with Crippen LogP contribution in [0.1, 0.15) is 0 Å². The molecule has 1 aromatic carbocycles. The van der Waals surface area contributed by atoms with E-state index in [0.29, 0.717) is 0 Å². The molecule has 1 saturated carbocycles. The fraction of sp³-hybridized carbons (Fsp3) is 0. The molecule has 0 N–H and O–H groups in total. The Bertz CT molecular complexity index is 233. The zero-order valence-electron chi connectivity index (χ0n) is 7.94. The Hall–Kier alpha value is -0.232. The van der Waals surface area contributed by atoms with Gasteiger partial charge in [-0.3, -0.25) is 0 Å². The van der Waals surface area contributed by atoms with Gasteiger partial charge in [0.05, 0.1) is 0 Å². The van der Waals surface area contributed by atoms with Crippen LogP contribution >= 0.6 is 0 Å². The fourth-order valence-corrected chi connectivity index (χ4v) is 0.829. The average molecular weight is 376 g/mol. The van der Waals surface area contributed by atoms with Gasteiger partial charge in [-0.15, -0.1) is 0 Å². The van der Waals surface area contributed by atoms with Crippen LogP contribution in [0.3, 0.4) is 0 Å². The molecule has 0 unspecified atom stereocenters. The smallest absolute Gasteiger partial charge is 0.123 e. The third kappa shape index (κ3) is 7.67. The van der Waals surface area contributed by atoms with Crippen LogP contribution in [-0.4, -0.2) is 0 Å². The molecule has 1 fully saturated rings. The molecule has 0 heterocycles. The van der Waals surface area contributed by atoms with Gasteiger partial charge in [-0.05, 0) is 12.1 Å². The Labute approximate surface area is 104 Å². The van der Waals surface area contributed by atoms with Crippen LogP contribution in [0.4, 0.5) is 8.78 Å². The van der Waals surface area contributed by atoms with Gasteiger partial charge in [-0.25, -0.2) is 4.39 Å². The minimum Gasteiger partial charge on any atom is -0.725 e. The first-order valence-electron chi connectivity index (χ1n) is 4.20. The van der Waals surface area contributed by atoms with Crippen LogP contribution in [0.15, 0.2) is 30.3 Å². The molecule has 15 heavy (non-hydrogen) atoms. The van der Waals surface area contributed by atoms with E-state index in [1.807, 2.05) is 0 Å². The van der Waals surface area contributed by atoms with E-state index in [0.717, 1.165) is 0 Å². The summed E-state index contributed by atoms with van der Waals surface area (Å²) in [6, 6.07) is 7.94. The van der Waals surface area contributed by atoms with Crippen molar-refractivity contribution >= 4 is 0 Å². The SMILES string of the molecule is F[C-]1[CH-][CH-][CH-][CH-][CH-]1.Fc1ccccc1.[W]. The first-order valence-corrected chi connectivity index (χ1v) is 4.20. The van der Waals surface area contributed by atoms with Crippen molar-refractivity contribution in [1.82, 2.24) is 0 Å². The fourth-order valence-electron chi connectivity index (χ4n) is 0.829. The van der Waals surface area contributed by atoms with Gasteiger partial charge < -0.3 is 42.7 Å². The van der Waals surface area contributed by atoms with E-state index >= 15 is 0 Å². The maximum Gasteiger partial charge on any atom is 0.123 e. The molecule has 2 rings (SSSR count). The molecule has 0 saturated heterocycles. The van der Waals surface area contributed by atoms with Crippen LogP contribution in [0.25, 0.3) is 0 Å². The largest absolute Gasteiger partial charge is 0.725 e. The van der Waals surface area contributed by atoms with Crippen molar-refractivity contribution in [2.24, 2.45) is 0 Å². The maximum absolute atomic E-state index is 11.9. The van der Waals surface area contributed by atoms with Crippen molar-refractivity contribution in [3.05, 3.63) is 74.4 Å². The van der Waals surface area contributed by atoms with E-state index in [1.165, 1.54) is 25.0 Å². The van der Waals surface area contributed by atoms with Crippen LogP contribution in [0.2, 0.25) is 0 Å². The number of hydrogen-bond donors (Lipinski definition) is 0. The molecular formula is C12H10F2W-6. The van der Waals surface area contributed by atoms with Crippen molar-refractivity contribution in [3.8, 4) is 0 Å². The Morgan fingerprint density at radius 1 is 0.933 bits per heavy atom. The van der Waals surface area contributed by atoms with E-state index in [2.05, 4.69) is 0 Å². The van der Waals surface area contributed by atoms with E-state index < -0.39 is 0 Å². The van der Waals surface area contributed by atoms with Crippen LogP contribution < -0.4 is 0 Å². The normalized spacial score (nSPS) is 15.9. The molecule has 84 valence electrons. The van der Waals surface area contributed by atoms with Crippen molar-refractivity contribution in [3.63, 3.8) is 0 Å². The molecule has 1 aliphatic rings. The average Bonchev–Trinajstić information content (AvgIpc) is 2.21. The Balaban J connectivity index is 0.000000245. The summed E-state index contributed by atoms with van der Waals surface area (Å²) in [5.41, 5.74) is 0. The quantitative estimate of drug-likeness (QED) is 0.610. The molecule has 1 aromatic rings. The summed E-state index contributed by atoms with van der Waals surface area (Å²) in [6.45, 7) is 0. The third-order valence-electron chi connectivity index (χ3n) is 1.47. The zero-order valence-corrected chi connectivity index (χ0v) is 10.9. The predicted molar refractivity (Wildman–Crippen MR) is 52.3 cm³/mol. The molecule has 0 atom stereocenters. The monoisotopic (exact) mass is 376 g/mol. The van der Waals surface area contributed by atoms with Gasteiger partial charge in [0.2, 0.25) is 0 Å². The van der Waals surface area contributed by atoms with Gasteiger partial charge in [0, 0.05) is 21.1 Å². The van der Waals surface area contributed by atoms with Crippen LogP contribution in [0.5, 0.6) is 0 Å². The molecular weight excluding hydrogens is 366 g/mol. The number of benzene rings is 1. The van der Waals surface area contributed by atoms with Crippen LogP contribution in [-0.2, 0) is 21.1 Å². The molecule has 3 heteroatoms. The maximum atomic E-state index is 11.9. The number of hydrogen-bond acceptors (Lipinski definition) is 0. The van der Waals surface area contributed by atoms with E-state index in [-0.39, 0.29) is 33.1 Å². The molecule has 1 aliphatic carbocycles. The number of rotatable bonds is 0. The van der Waals surface area contributed by atoms with Crippen LogP contribution in [0, 0.1) is 44.1 Å². The van der Waals surface area contributed by atoms with Crippen molar-refractivity contribution in [1.29, 1.82) is 0 Å². The molecule has 0 aliphatic heterocycles. The Morgan fingerprint density at radius 2 is 1.47 bits per heavy atom. The summed E-state index contributed by atoms with van der Waals surface area (Å²) < 4.78 is 23.8. The summed E-state index contributed by atoms with van der Waals surface area (Å²) in [4.78, 5) is 0. The zero-order chi connectivity index (χ0) is 10.2. The summed E-state index contributed by atoms with van der Waals surface area (Å²) in [5.74, 6) is -0.178. The summed E-state index contributed by atoms with van der Waals surface area (Å²) >= 11 is 0. The molecule has 0 bridgehead atoms. The second-order valence-electron chi connectivity index (χ2n) is 2.59. The first kappa shape index (κ1) is 14.8. The summed E-state index contributed by atoms with van der Waals surface area (Å²) in [7, 11) is 0. The van der Waals surface area contributed by atoms with Crippen molar-refractivity contribution in [2.45, 2.75) is 0 Å². The van der Waals surface area contributed by atoms with E-state index in [9.17, 15) is 8.78 Å². The van der Waals surface area contributed by atoms with Gasteiger partial charge >= 0.3 is 0 Å². The second kappa shape index (κ2) is 9.03. The Kier molecular flexibility index (Phi) is 8.89. The van der Waals surface area contributed by atoms with Crippen molar-refractivity contribution < 1.29 is 29.8 Å². The molecule has 0 radical (unpaired) electrons. The molecule has 0 aromatic heterocycles. The molecule has 0 amide bonds. The third-order valence-corrected chi connectivity index (χ3v) is 1.47. The predicted octanol–water partition coefficient (Wildman–Crippen LogP) is 3.35. The Morgan fingerprint density at radius 3 is 1.73 bits per heavy atom. The van der Waals surface area contributed by atoms with Gasteiger partial charge in [0.25, 0.3) is 0 Å². The van der Waals surface area contributed by atoms with Crippen molar-refractivity contribution in [2.75, 3.05) is 0 Å². The first-order chi connectivity index (χ1) is 6.79. The minimum absolute atomic E-state index is 0. The van der Waals surface area contributed by atoms with Gasteiger partial charge in [-0.1, -0.05) is 18.2 Å². The standard InChI is InChI=1S/2C6H5F.W/c2*7-6-4-2-1-3-5-6;/h2*1-5H;/q;-6;. The minimum atomic E-state index is -0.178. The molecule has 0 spiro atoms. The van der Waals surface area contributed by atoms with Gasteiger partial charge in [0.15, 0.2) is 0 Å². The number of halogens is 2. The van der Waals surface area contributed by atoms with E-state index in [4.69, 9.17) is 0 Å². The van der Waals surface area contributed by atoms with Gasteiger partial charge in [0.1, 0.15) is 5.82 Å². The van der Waals surface area contributed by atoms with Gasteiger partial charge in [-0.2, -0.15) is 0 Å². The topological polar surface area (TPSA) is 0 Å². The summed E-state index contributed by atoms with van der Waals surface area (Å²) in [5, 5.41) is 0. The van der Waals surface area contributed by atoms with E-state index in [1.54, 1.807) is 37.5 Å². The summed E-state index contributed by atoms with van der Waals surface area (Å²) in [6.07, 6.45) is 7.76. The second-order valence-corrected chi connectivity index (χ2v) is 2.59. The molecule has 0 nitrogen and oxygen atoms in total.